The van der Waals surface area contributed by atoms with Crippen LogP contribution in [0.3, 0.4) is 0 Å². The maximum absolute atomic E-state index is 13.4. The molecule has 3 nitrogen and oxygen atoms in total. The summed E-state index contributed by atoms with van der Waals surface area (Å²) in [7, 11) is 0. The molecular formula is C19H15F3IN3S. The summed E-state index contributed by atoms with van der Waals surface area (Å²) in [5.74, 6) is 0.241. The number of nitrogens with zero attached hydrogens (tertiary/aromatic N) is 3. The fourth-order valence-electron chi connectivity index (χ4n) is 2.42. The van der Waals surface area contributed by atoms with E-state index in [1.54, 1.807) is 29.2 Å². The van der Waals surface area contributed by atoms with E-state index in [-0.39, 0.29) is 11.0 Å². The van der Waals surface area contributed by atoms with Gasteiger partial charge in [0, 0.05) is 26.9 Å². The monoisotopic (exact) mass is 501 g/mol. The van der Waals surface area contributed by atoms with E-state index in [4.69, 9.17) is 0 Å². The lowest BCUT2D eigenvalue weighted by Crippen LogP contribution is -2.20. The van der Waals surface area contributed by atoms with Crippen LogP contribution in [-0.4, -0.2) is 16.5 Å². The first-order valence-corrected chi connectivity index (χ1v) is 9.98. The highest BCUT2D eigenvalue weighted by Crippen LogP contribution is 2.39. The molecule has 0 spiro atoms. The van der Waals surface area contributed by atoms with Crippen LogP contribution in [0.4, 0.5) is 24.8 Å². The summed E-state index contributed by atoms with van der Waals surface area (Å²) < 4.78 is 41.3. The number of benzene rings is 2. The molecule has 0 N–H and O–H groups in total. The Balaban J connectivity index is 2.03. The van der Waals surface area contributed by atoms with Crippen LogP contribution >= 0.6 is 34.4 Å². The highest BCUT2D eigenvalue weighted by molar-refractivity contribution is 14.1. The van der Waals surface area contributed by atoms with Crippen molar-refractivity contribution in [2.45, 2.75) is 23.0 Å². The molecule has 0 saturated heterocycles. The summed E-state index contributed by atoms with van der Waals surface area (Å²) >= 11 is 3.18. The smallest absolute Gasteiger partial charge is 0.311 e. The van der Waals surface area contributed by atoms with Crippen molar-refractivity contribution in [2.75, 3.05) is 11.4 Å². The van der Waals surface area contributed by atoms with Gasteiger partial charge in [-0.25, -0.2) is 9.97 Å². The van der Waals surface area contributed by atoms with Crippen molar-refractivity contribution in [3.05, 3.63) is 69.9 Å². The molecule has 0 atom stereocenters. The van der Waals surface area contributed by atoms with Crippen LogP contribution < -0.4 is 4.90 Å². The molecule has 0 aliphatic rings. The van der Waals surface area contributed by atoms with Gasteiger partial charge in [0.1, 0.15) is 10.6 Å². The van der Waals surface area contributed by atoms with Gasteiger partial charge in [0.05, 0.1) is 0 Å². The molecule has 3 aromatic rings. The first-order chi connectivity index (χ1) is 12.9. The average molecular weight is 501 g/mol. The van der Waals surface area contributed by atoms with Crippen molar-refractivity contribution in [3.63, 3.8) is 0 Å². The number of hydrogen-bond acceptors (Lipinski definition) is 4. The molecular weight excluding hydrogens is 486 g/mol. The minimum Gasteiger partial charge on any atom is -0.311 e. The zero-order chi connectivity index (χ0) is 19.4. The quantitative estimate of drug-likeness (QED) is 0.299. The average Bonchev–Trinajstić information content (AvgIpc) is 2.64. The van der Waals surface area contributed by atoms with Gasteiger partial charge in [0.25, 0.3) is 0 Å². The Morgan fingerprint density at radius 2 is 1.70 bits per heavy atom. The van der Waals surface area contributed by atoms with E-state index in [9.17, 15) is 13.2 Å². The predicted molar refractivity (Wildman–Crippen MR) is 109 cm³/mol. The second kappa shape index (κ2) is 8.47. The van der Waals surface area contributed by atoms with Crippen LogP contribution in [0.1, 0.15) is 12.5 Å². The summed E-state index contributed by atoms with van der Waals surface area (Å²) in [6.07, 6.45) is -3.65. The Hall–Kier alpha value is -1.81. The second-order valence-electron chi connectivity index (χ2n) is 5.52. The van der Waals surface area contributed by atoms with Crippen molar-refractivity contribution in [3.8, 4) is 0 Å². The van der Waals surface area contributed by atoms with Gasteiger partial charge in [-0.15, -0.1) is 0 Å². The van der Waals surface area contributed by atoms with Crippen LogP contribution in [0, 0.1) is 3.57 Å². The third kappa shape index (κ3) is 4.92. The van der Waals surface area contributed by atoms with E-state index in [1.807, 2.05) is 37.3 Å². The van der Waals surface area contributed by atoms with E-state index in [2.05, 4.69) is 32.6 Å². The molecule has 0 unspecified atom stereocenters. The minimum atomic E-state index is -4.52. The van der Waals surface area contributed by atoms with E-state index in [0.29, 0.717) is 11.4 Å². The van der Waals surface area contributed by atoms with E-state index >= 15 is 0 Å². The van der Waals surface area contributed by atoms with E-state index < -0.39 is 11.7 Å². The molecule has 0 aliphatic heterocycles. The summed E-state index contributed by atoms with van der Waals surface area (Å²) in [6.45, 7) is 2.43. The van der Waals surface area contributed by atoms with Crippen LogP contribution in [0.25, 0.3) is 0 Å². The molecule has 1 aromatic heterocycles. The third-order valence-corrected chi connectivity index (χ3v) is 5.43. The lowest BCUT2D eigenvalue weighted by Gasteiger charge is -2.22. The third-order valence-electron chi connectivity index (χ3n) is 3.70. The van der Waals surface area contributed by atoms with Gasteiger partial charge in [-0.2, -0.15) is 13.2 Å². The van der Waals surface area contributed by atoms with Crippen molar-refractivity contribution >= 4 is 46.0 Å². The molecule has 27 heavy (non-hydrogen) atoms. The van der Waals surface area contributed by atoms with Crippen LogP contribution in [-0.2, 0) is 6.18 Å². The SMILES string of the molecule is CCN(c1ccc(I)cc1)c1ncc(C(F)(F)F)c(Sc2ccccc2)n1. The van der Waals surface area contributed by atoms with Gasteiger partial charge in [0.2, 0.25) is 5.95 Å². The lowest BCUT2D eigenvalue weighted by atomic mass is 10.3. The first-order valence-electron chi connectivity index (χ1n) is 8.08. The van der Waals surface area contributed by atoms with Crippen molar-refractivity contribution in [1.29, 1.82) is 0 Å². The molecule has 0 radical (unpaired) electrons. The van der Waals surface area contributed by atoms with Gasteiger partial charge in [-0.05, 0) is 65.9 Å². The largest absolute Gasteiger partial charge is 0.420 e. The highest BCUT2D eigenvalue weighted by Gasteiger charge is 2.35. The van der Waals surface area contributed by atoms with Crippen LogP contribution in [0.15, 0.2) is 70.7 Å². The van der Waals surface area contributed by atoms with Crippen LogP contribution in [0.5, 0.6) is 0 Å². The second-order valence-corrected chi connectivity index (χ2v) is 7.83. The Morgan fingerprint density at radius 1 is 1.04 bits per heavy atom. The first kappa shape index (κ1) is 19.9. The molecule has 2 aromatic carbocycles. The van der Waals surface area contributed by atoms with Gasteiger partial charge in [0.15, 0.2) is 0 Å². The maximum Gasteiger partial charge on any atom is 0.420 e. The number of anilines is 2. The number of rotatable bonds is 5. The number of hydrogen-bond donors (Lipinski definition) is 0. The molecule has 3 rings (SSSR count). The summed E-state index contributed by atoms with van der Waals surface area (Å²) in [5, 5.41) is -0.109. The normalized spacial score (nSPS) is 11.4. The molecule has 0 fully saturated rings. The van der Waals surface area contributed by atoms with Crippen molar-refractivity contribution < 1.29 is 13.2 Å². The van der Waals surface area contributed by atoms with E-state index in [0.717, 1.165) is 27.2 Å². The Morgan fingerprint density at radius 3 is 2.30 bits per heavy atom. The fraction of sp³-hybridized carbons (Fsp3) is 0.158. The minimum absolute atomic E-state index is 0.109. The number of halogens is 4. The molecule has 0 saturated carbocycles. The van der Waals surface area contributed by atoms with E-state index in [1.165, 1.54) is 0 Å². The Labute approximate surface area is 173 Å². The molecule has 8 heteroatoms. The van der Waals surface area contributed by atoms with Gasteiger partial charge in [-0.3, -0.25) is 0 Å². The fourth-order valence-corrected chi connectivity index (χ4v) is 3.70. The predicted octanol–water partition coefficient (Wildman–Crippen LogP) is 6.41. The van der Waals surface area contributed by atoms with Gasteiger partial charge >= 0.3 is 6.18 Å². The Bertz CT molecular complexity index is 902. The molecule has 0 amide bonds. The summed E-state index contributed by atoms with van der Waals surface area (Å²) in [5.41, 5.74) is -0.00731. The summed E-state index contributed by atoms with van der Waals surface area (Å²) in [6, 6.07) is 16.5. The van der Waals surface area contributed by atoms with Gasteiger partial charge < -0.3 is 4.90 Å². The standard InChI is InChI=1S/C19H15F3IN3S/c1-2-26(14-10-8-13(23)9-11-14)18-24-12-16(19(20,21)22)17(25-18)27-15-6-4-3-5-7-15/h3-12H,2H2,1H3. The summed E-state index contributed by atoms with van der Waals surface area (Å²) in [4.78, 5) is 10.7. The maximum atomic E-state index is 13.4. The highest BCUT2D eigenvalue weighted by atomic mass is 127. The molecule has 1 heterocycles. The number of aromatic nitrogens is 2. The molecule has 140 valence electrons. The topological polar surface area (TPSA) is 29.0 Å². The molecule has 0 bridgehead atoms. The zero-order valence-electron chi connectivity index (χ0n) is 14.2. The Kier molecular flexibility index (Phi) is 6.25. The lowest BCUT2D eigenvalue weighted by molar-refractivity contribution is -0.140. The van der Waals surface area contributed by atoms with Crippen molar-refractivity contribution in [1.82, 2.24) is 9.97 Å². The molecule has 0 aliphatic carbocycles. The number of alkyl halides is 3. The van der Waals surface area contributed by atoms with Crippen molar-refractivity contribution in [2.24, 2.45) is 0 Å². The van der Waals surface area contributed by atoms with Gasteiger partial charge in [-0.1, -0.05) is 30.0 Å². The zero-order valence-corrected chi connectivity index (χ0v) is 17.2. The van der Waals surface area contributed by atoms with Crippen LogP contribution in [0.2, 0.25) is 0 Å².